The zero-order valence-electron chi connectivity index (χ0n) is 15.1. The van der Waals surface area contributed by atoms with Crippen molar-refractivity contribution < 1.29 is 23.5 Å². The van der Waals surface area contributed by atoms with E-state index in [2.05, 4.69) is 0 Å². The summed E-state index contributed by atoms with van der Waals surface area (Å²) in [6.07, 6.45) is 0. The molecular formula is C20H15Cl2F2NO3. The van der Waals surface area contributed by atoms with Gasteiger partial charge in [0.15, 0.2) is 0 Å². The van der Waals surface area contributed by atoms with Crippen molar-refractivity contribution >= 4 is 45.9 Å². The van der Waals surface area contributed by atoms with Crippen molar-refractivity contribution in [3.63, 3.8) is 0 Å². The van der Waals surface area contributed by atoms with Crippen molar-refractivity contribution in [3.8, 4) is 0 Å². The van der Waals surface area contributed by atoms with Crippen molar-refractivity contribution in [2.24, 2.45) is 7.05 Å². The van der Waals surface area contributed by atoms with Crippen molar-refractivity contribution in [2.75, 3.05) is 0 Å². The number of halogens is 4. The number of nitrogens with zero attached hydrogens (tertiary/aromatic N) is 1. The number of carboxylic acid groups (broad SMARTS) is 1. The molecule has 0 saturated carbocycles. The van der Waals surface area contributed by atoms with Gasteiger partial charge in [-0.1, -0.05) is 23.2 Å². The van der Waals surface area contributed by atoms with Crippen LogP contribution in [0.2, 0.25) is 10.0 Å². The molecule has 8 heteroatoms. The molecule has 0 spiro atoms. The number of rotatable bonds is 4. The number of carbonyl (C=O) groups excluding carboxylic acids is 1. The molecule has 1 N–H and O–H groups in total. The van der Waals surface area contributed by atoms with Crippen molar-refractivity contribution in [3.05, 3.63) is 68.3 Å². The normalized spacial score (nSPS) is 11.8. The Morgan fingerprint density at radius 2 is 1.79 bits per heavy atom. The third-order valence-electron chi connectivity index (χ3n) is 4.66. The number of hydrogen-bond acceptors (Lipinski definition) is 2. The van der Waals surface area contributed by atoms with Crippen LogP contribution >= 0.6 is 23.2 Å². The number of alkyl halides is 2. The highest BCUT2D eigenvalue weighted by atomic mass is 35.5. The fourth-order valence-electron chi connectivity index (χ4n) is 3.13. The van der Waals surface area contributed by atoms with Crippen molar-refractivity contribution in [1.29, 1.82) is 0 Å². The third-order valence-corrected chi connectivity index (χ3v) is 5.36. The molecule has 0 aliphatic rings. The molecule has 28 heavy (non-hydrogen) atoms. The summed E-state index contributed by atoms with van der Waals surface area (Å²) in [5.41, 5.74) is 0.620. The third kappa shape index (κ3) is 3.27. The first kappa shape index (κ1) is 20.3. The maximum atomic E-state index is 13.8. The van der Waals surface area contributed by atoms with Crippen molar-refractivity contribution in [2.45, 2.75) is 19.8 Å². The molecule has 0 unspecified atom stereocenters. The van der Waals surface area contributed by atoms with E-state index in [9.17, 15) is 23.5 Å². The van der Waals surface area contributed by atoms with Gasteiger partial charge in [-0.2, -0.15) is 0 Å². The molecule has 0 saturated heterocycles. The average molecular weight is 426 g/mol. The number of ketones is 1. The van der Waals surface area contributed by atoms with Gasteiger partial charge in [-0.3, -0.25) is 4.79 Å². The maximum Gasteiger partial charge on any atom is 0.337 e. The molecule has 1 heterocycles. The predicted molar refractivity (Wildman–Crippen MR) is 104 cm³/mol. The number of fused-ring (bicyclic) bond motifs is 1. The highest BCUT2D eigenvalue weighted by Crippen LogP contribution is 2.35. The number of aromatic nitrogens is 1. The Balaban J connectivity index is 2.24. The SMILES string of the molecule is Cc1cc(C(C)(F)F)cc2c1cc(C(=O)c1c(Cl)ccc(C(=O)O)c1Cl)n2C. The molecule has 0 aliphatic heterocycles. The lowest BCUT2D eigenvalue weighted by molar-refractivity contribution is 0.0175. The van der Waals surface area contributed by atoms with E-state index in [4.69, 9.17) is 23.2 Å². The molecule has 146 valence electrons. The first-order chi connectivity index (χ1) is 12.9. The molecule has 0 atom stereocenters. The summed E-state index contributed by atoms with van der Waals surface area (Å²) < 4.78 is 29.0. The zero-order chi connectivity index (χ0) is 21.0. The number of carbonyl (C=O) groups is 2. The highest BCUT2D eigenvalue weighted by molar-refractivity contribution is 6.42. The summed E-state index contributed by atoms with van der Waals surface area (Å²) >= 11 is 12.2. The van der Waals surface area contributed by atoms with Gasteiger partial charge >= 0.3 is 5.97 Å². The quantitative estimate of drug-likeness (QED) is 0.534. The van der Waals surface area contributed by atoms with Gasteiger partial charge in [0, 0.05) is 30.4 Å². The number of hydrogen-bond donors (Lipinski definition) is 1. The minimum absolute atomic E-state index is 0.00255. The lowest BCUT2D eigenvalue weighted by Gasteiger charge is -2.13. The second kappa shape index (κ2) is 6.87. The molecule has 0 radical (unpaired) electrons. The topological polar surface area (TPSA) is 59.3 Å². The van der Waals surface area contributed by atoms with E-state index < -0.39 is 17.7 Å². The molecule has 2 aromatic carbocycles. The van der Waals surface area contributed by atoms with E-state index in [0.29, 0.717) is 16.5 Å². The van der Waals surface area contributed by atoms with Crippen molar-refractivity contribution in [1.82, 2.24) is 4.57 Å². The number of carboxylic acids is 1. The van der Waals surface area contributed by atoms with Crippen LogP contribution in [-0.2, 0) is 13.0 Å². The molecule has 3 rings (SSSR count). The molecule has 1 aromatic heterocycles. The van der Waals surface area contributed by atoms with Crippen LogP contribution in [-0.4, -0.2) is 21.4 Å². The summed E-state index contributed by atoms with van der Waals surface area (Å²) in [6.45, 7) is 2.48. The Morgan fingerprint density at radius 3 is 2.36 bits per heavy atom. The summed E-state index contributed by atoms with van der Waals surface area (Å²) in [4.78, 5) is 24.4. The van der Waals surface area contributed by atoms with Crippen LogP contribution in [0.15, 0.2) is 30.3 Å². The van der Waals surface area contributed by atoms with Gasteiger partial charge in [-0.15, -0.1) is 0 Å². The monoisotopic (exact) mass is 425 g/mol. The zero-order valence-corrected chi connectivity index (χ0v) is 16.6. The Kier molecular flexibility index (Phi) is 4.98. The average Bonchev–Trinajstić information content (AvgIpc) is 2.91. The van der Waals surface area contributed by atoms with Gasteiger partial charge in [0.1, 0.15) is 0 Å². The Hall–Kier alpha value is -2.44. The van der Waals surface area contributed by atoms with Gasteiger partial charge in [-0.25, -0.2) is 13.6 Å². The van der Waals surface area contributed by atoms with Crippen LogP contribution in [0.3, 0.4) is 0 Å². The van der Waals surface area contributed by atoms with E-state index in [1.165, 1.54) is 28.8 Å². The molecule has 0 fully saturated rings. The van der Waals surface area contributed by atoms with Gasteiger partial charge in [0.2, 0.25) is 5.78 Å². The van der Waals surface area contributed by atoms with Crippen LogP contribution in [0.4, 0.5) is 8.78 Å². The minimum atomic E-state index is -3.03. The highest BCUT2D eigenvalue weighted by Gasteiger charge is 2.28. The Labute approximate surface area is 169 Å². The first-order valence-corrected chi connectivity index (χ1v) is 8.93. The van der Waals surface area contributed by atoms with Crippen LogP contribution in [0.5, 0.6) is 0 Å². The van der Waals surface area contributed by atoms with E-state index in [0.717, 1.165) is 6.92 Å². The molecule has 3 aromatic rings. The molecule has 0 aliphatic carbocycles. The fraction of sp³-hybridized carbons (Fsp3) is 0.200. The summed E-state index contributed by atoms with van der Waals surface area (Å²) in [5, 5.41) is 9.59. The van der Waals surface area contributed by atoms with Gasteiger partial charge < -0.3 is 9.67 Å². The molecule has 0 amide bonds. The fourth-order valence-corrected chi connectivity index (χ4v) is 3.76. The second-order valence-corrected chi connectivity index (χ2v) is 7.41. The van der Waals surface area contributed by atoms with Crippen LogP contribution in [0.25, 0.3) is 10.9 Å². The summed E-state index contributed by atoms with van der Waals surface area (Å²) in [6, 6.07) is 6.76. The van der Waals surface area contributed by atoms with Crippen LogP contribution < -0.4 is 0 Å². The maximum absolute atomic E-state index is 13.8. The van der Waals surface area contributed by atoms with E-state index in [1.807, 2.05) is 0 Å². The largest absolute Gasteiger partial charge is 0.478 e. The van der Waals surface area contributed by atoms with Crippen LogP contribution in [0.1, 0.15) is 44.5 Å². The standard InChI is InChI=1S/C20H15Cl2F2NO3/c1-9-6-10(20(2,23)24)7-14-12(9)8-15(25(14)3)18(26)16-13(21)5-4-11(17(16)22)19(27)28/h4-8H,1-3H3,(H,27,28). The predicted octanol–water partition coefficient (Wildman–Crippen LogP) is 5.83. The summed E-state index contributed by atoms with van der Waals surface area (Å²) in [7, 11) is 1.56. The van der Waals surface area contributed by atoms with Gasteiger partial charge in [-0.05, 0) is 42.8 Å². The minimum Gasteiger partial charge on any atom is -0.478 e. The molecule has 4 nitrogen and oxygen atoms in total. The number of benzene rings is 2. The smallest absolute Gasteiger partial charge is 0.337 e. The van der Waals surface area contributed by atoms with E-state index in [-0.39, 0.29) is 32.4 Å². The lowest BCUT2D eigenvalue weighted by atomic mass is 10.0. The van der Waals surface area contributed by atoms with Gasteiger partial charge in [0.05, 0.1) is 26.9 Å². The van der Waals surface area contributed by atoms with Crippen LogP contribution in [0, 0.1) is 6.92 Å². The Morgan fingerprint density at radius 1 is 1.14 bits per heavy atom. The van der Waals surface area contributed by atoms with Gasteiger partial charge in [0.25, 0.3) is 5.92 Å². The molecule has 0 bridgehead atoms. The lowest BCUT2D eigenvalue weighted by Crippen LogP contribution is -2.11. The summed E-state index contributed by atoms with van der Waals surface area (Å²) in [5.74, 6) is -4.92. The Bertz CT molecular complexity index is 1150. The first-order valence-electron chi connectivity index (χ1n) is 8.17. The number of aromatic carboxylic acids is 1. The number of aryl methyl sites for hydroxylation is 2. The van der Waals surface area contributed by atoms with E-state index in [1.54, 1.807) is 20.0 Å². The second-order valence-electron chi connectivity index (χ2n) is 6.62. The van der Waals surface area contributed by atoms with E-state index >= 15 is 0 Å². The molecular weight excluding hydrogens is 411 g/mol.